The number of quaternary nitrogens is 1. The topological polar surface area (TPSA) is 0 Å². The first-order chi connectivity index (χ1) is 8.26. The normalized spacial score (nSPS) is 54.3. The molecule has 1 nitrogen and oxygen atoms in total. The monoisotopic (exact) mass is 248 g/mol. The first-order valence-electron chi connectivity index (χ1n) is 8.09. The van der Waals surface area contributed by atoms with Crippen LogP contribution in [0.25, 0.3) is 0 Å². The predicted octanol–water partition coefficient (Wildman–Crippen LogP) is 3.83. The van der Waals surface area contributed by atoms with Gasteiger partial charge in [-0.1, -0.05) is 13.8 Å². The summed E-state index contributed by atoms with van der Waals surface area (Å²) in [6, 6.07) is 0. The Morgan fingerprint density at radius 2 is 1.72 bits per heavy atom. The fourth-order valence-corrected chi connectivity index (χ4v) is 6.72. The van der Waals surface area contributed by atoms with Crippen molar-refractivity contribution in [2.45, 2.75) is 64.3 Å². The van der Waals surface area contributed by atoms with Crippen molar-refractivity contribution < 1.29 is 4.48 Å². The highest BCUT2D eigenvalue weighted by Crippen LogP contribution is 2.73. The van der Waals surface area contributed by atoms with Crippen LogP contribution in [-0.2, 0) is 0 Å². The van der Waals surface area contributed by atoms with Gasteiger partial charge in [0.15, 0.2) is 0 Å². The van der Waals surface area contributed by atoms with E-state index >= 15 is 0 Å². The second-order valence-corrected chi connectivity index (χ2v) is 9.64. The quantitative estimate of drug-likeness (QED) is 0.666. The summed E-state index contributed by atoms with van der Waals surface area (Å²) < 4.78 is 1.33. The van der Waals surface area contributed by atoms with E-state index in [1.807, 2.05) is 0 Å². The molecular weight excluding hydrogens is 218 g/mol. The van der Waals surface area contributed by atoms with Crippen molar-refractivity contribution in [2.24, 2.45) is 22.7 Å². The molecule has 5 saturated carbocycles. The zero-order valence-electron chi connectivity index (χ0n) is 12.8. The van der Waals surface area contributed by atoms with E-state index in [4.69, 9.17) is 0 Å². The van der Waals surface area contributed by atoms with Crippen LogP contribution in [0.2, 0.25) is 0 Å². The molecule has 0 spiro atoms. The molecule has 0 N–H and O–H groups in total. The molecule has 0 aromatic heterocycles. The van der Waals surface area contributed by atoms with Gasteiger partial charge in [-0.3, -0.25) is 0 Å². The van der Waals surface area contributed by atoms with E-state index in [2.05, 4.69) is 27.9 Å². The average Bonchev–Trinajstić information content (AvgIpc) is 2.90. The molecule has 0 aromatic rings. The Balaban J connectivity index is 1.68. The second kappa shape index (κ2) is 3.00. The van der Waals surface area contributed by atoms with Gasteiger partial charge in [0.05, 0.1) is 20.6 Å². The minimum absolute atomic E-state index is 0.646. The van der Waals surface area contributed by atoms with E-state index in [9.17, 15) is 0 Å². The van der Waals surface area contributed by atoms with Gasteiger partial charge in [0.25, 0.3) is 0 Å². The molecule has 0 saturated heterocycles. The van der Waals surface area contributed by atoms with Crippen molar-refractivity contribution in [1.29, 1.82) is 0 Å². The van der Waals surface area contributed by atoms with Gasteiger partial charge in [-0.15, -0.1) is 0 Å². The molecule has 18 heavy (non-hydrogen) atoms. The van der Waals surface area contributed by atoms with Crippen LogP contribution in [0.15, 0.2) is 0 Å². The zero-order valence-corrected chi connectivity index (χ0v) is 12.8. The minimum atomic E-state index is 0.646. The standard InChI is InChI=1S/C17H30N/c1-15-7-14-8-17(11-15,12-16(14,2)10-15)18(3,4)9-13-5-6-13/h13-14H,5-12H2,1-4H3/q+1. The summed E-state index contributed by atoms with van der Waals surface area (Å²) in [6.45, 7) is 6.66. The lowest BCUT2D eigenvalue weighted by atomic mass is 9.63. The van der Waals surface area contributed by atoms with E-state index in [-0.39, 0.29) is 0 Å². The van der Waals surface area contributed by atoms with Crippen molar-refractivity contribution in [3.63, 3.8) is 0 Å². The van der Waals surface area contributed by atoms with Crippen LogP contribution >= 0.6 is 0 Å². The molecule has 0 amide bonds. The highest BCUT2D eigenvalue weighted by Gasteiger charge is 2.71. The molecule has 4 bridgehead atoms. The summed E-state index contributed by atoms with van der Waals surface area (Å²) in [5, 5.41) is 0. The second-order valence-electron chi connectivity index (χ2n) is 9.64. The number of hydrogen-bond acceptors (Lipinski definition) is 0. The summed E-state index contributed by atoms with van der Waals surface area (Å²) in [6.07, 6.45) is 10.7. The average molecular weight is 248 g/mol. The first-order valence-corrected chi connectivity index (χ1v) is 8.09. The van der Waals surface area contributed by atoms with Crippen LogP contribution in [-0.4, -0.2) is 30.7 Å². The molecule has 5 aliphatic carbocycles. The van der Waals surface area contributed by atoms with Gasteiger partial charge in [-0.25, -0.2) is 0 Å². The number of rotatable bonds is 3. The van der Waals surface area contributed by atoms with Crippen molar-refractivity contribution in [2.75, 3.05) is 20.6 Å². The largest absolute Gasteiger partial charge is 0.323 e. The maximum atomic E-state index is 2.61. The van der Waals surface area contributed by atoms with Gasteiger partial charge < -0.3 is 4.48 Å². The van der Waals surface area contributed by atoms with E-state index in [0.29, 0.717) is 16.4 Å². The smallest absolute Gasteiger partial charge is 0.100 e. The summed E-state index contributed by atoms with van der Waals surface area (Å²) in [5.41, 5.74) is 2.04. The van der Waals surface area contributed by atoms with Crippen LogP contribution in [0.4, 0.5) is 0 Å². The Bertz CT molecular complexity index is 392. The summed E-state index contributed by atoms with van der Waals surface area (Å²) in [4.78, 5) is 0. The molecule has 0 radical (unpaired) electrons. The lowest BCUT2D eigenvalue weighted by Crippen LogP contribution is -2.63. The van der Waals surface area contributed by atoms with Gasteiger partial charge in [0.1, 0.15) is 5.54 Å². The van der Waals surface area contributed by atoms with E-state index in [1.54, 1.807) is 6.42 Å². The Labute approximate surface area is 113 Å². The molecule has 5 rings (SSSR count). The number of hydrogen-bond donors (Lipinski definition) is 0. The van der Waals surface area contributed by atoms with Crippen LogP contribution < -0.4 is 0 Å². The molecule has 1 heteroatoms. The number of nitrogens with zero attached hydrogens (tertiary/aromatic N) is 1. The van der Waals surface area contributed by atoms with Gasteiger partial charge in [-0.2, -0.15) is 0 Å². The maximum Gasteiger partial charge on any atom is 0.100 e. The van der Waals surface area contributed by atoms with Crippen LogP contribution in [0.1, 0.15) is 58.8 Å². The molecule has 0 aliphatic heterocycles. The van der Waals surface area contributed by atoms with Crippen molar-refractivity contribution >= 4 is 0 Å². The SMILES string of the molecule is CC12CC3CC([N+](C)(C)CC4CC4)(C1)CC3(C)C2. The van der Waals surface area contributed by atoms with Gasteiger partial charge in [0.2, 0.25) is 0 Å². The van der Waals surface area contributed by atoms with Gasteiger partial charge in [0, 0.05) is 25.2 Å². The first kappa shape index (κ1) is 11.8. The Kier molecular flexibility index (Phi) is 1.96. The zero-order chi connectivity index (χ0) is 12.8. The van der Waals surface area contributed by atoms with Crippen LogP contribution in [0.3, 0.4) is 0 Å². The lowest BCUT2D eigenvalue weighted by Gasteiger charge is -2.55. The van der Waals surface area contributed by atoms with E-state index < -0.39 is 0 Å². The maximum absolute atomic E-state index is 2.61. The van der Waals surface area contributed by atoms with Gasteiger partial charge >= 0.3 is 0 Å². The summed E-state index contributed by atoms with van der Waals surface area (Å²) in [7, 11) is 5.11. The lowest BCUT2D eigenvalue weighted by molar-refractivity contribution is -0.946. The van der Waals surface area contributed by atoms with E-state index in [1.165, 1.54) is 49.6 Å². The third-order valence-corrected chi connectivity index (χ3v) is 7.37. The molecule has 102 valence electrons. The fourth-order valence-electron chi connectivity index (χ4n) is 6.72. The molecule has 5 aliphatic rings. The van der Waals surface area contributed by atoms with Crippen molar-refractivity contribution in [3.05, 3.63) is 0 Å². The van der Waals surface area contributed by atoms with Gasteiger partial charge in [-0.05, 0) is 42.4 Å². The minimum Gasteiger partial charge on any atom is -0.323 e. The van der Waals surface area contributed by atoms with Crippen molar-refractivity contribution in [1.82, 2.24) is 0 Å². The summed E-state index contributed by atoms with van der Waals surface area (Å²) in [5.74, 6) is 2.11. The van der Waals surface area contributed by atoms with Crippen molar-refractivity contribution in [3.8, 4) is 0 Å². The Morgan fingerprint density at radius 1 is 1.00 bits per heavy atom. The summed E-state index contributed by atoms with van der Waals surface area (Å²) >= 11 is 0. The molecular formula is C17H30N+. The van der Waals surface area contributed by atoms with Crippen LogP contribution in [0.5, 0.6) is 0 Å². The highest BCUT2D eigenvalue weighted by atomic mass is 15.4. The predicted molar refractivity (Wildman–Crippen MR) is 75.2 cm³/mol. The molecule has 4 unspecified atom stereocenters. The Morgan fingerprint density at radius 3 is 2.28 bits per heavy atom. The molecule has 0 heterocycles. The Hall–Kier alpha value is -0.0400. The highest BCUT2D eigenvalue weighted by molar-refractivity contribution is 5.17. The molecule has 4 atom stereocenters. The molecule has 0 aromatic carbocycles. The fraction of sp³-hybridized carbons (Fsp3) is 1.00. The van der Waals surface area contributed by atoms with E-state index in [0.717, 1.165) is 11.8 Å². The molecule has 5 fully saturated rings. The third kappa shape index (κ3) is 1.38. The van der Waals surface area contributed by atoms with Crippen LogP contribution in [0, 0.1) is 22.7 Å². The third-order valence-electron chi connectivity index (χ3n) is 7.37.